The fraction of sp³-hybridized carbons (Fsp3) is 0.333. The van der Waals surface area contributed by atoms with Crippen molar-refractivity contribution in [1.29, 1.82) is 0 Å². The zero-order valence-corrected chi connectivity index (χ0v) is 9.55. The van der Waals surface area contributed by atoms with Gasteiger partial charge in [-0.05, 0) is 18.6 Å². The number of aliphatic hydroxyl groups is 1. The van der Waals surface area contributed by atoms with Crippen LogP contribution in [-0.4, -0.2) is 19.6 Å². The van der Waals surface area contributed by atoms with Crippen molar-refractivity contribution in [1.82, 2.24) is 14.5 Å². The lowest BCUT2D eigenvalue weighted by atomic mass is 10.1. The first-order valence-corrected chi connectivity index (χ1v) is 5.43. The molecule has 2 aromatic heterocycles. The molecule has 0 fully saturated rings. The van der Waals surface area contributed by atoms with Crippen LogP contribution in [0.25, 0.3) is 0 Å². The van der Waals surface area contributed by atoms with Crippen LogP contribution in [0.15, 0.2) is 30.7 Å². The van der Waals surface area contributed by atoms with Crippen molar-refractivity contribution in [3.8, 4) is 0 Å². The van der Waals surface area contributed by atoms with E-state index in [1.165, 1.54) is 18.3 Å². The molecule has 0 aromatic carbocycles. The Kier molecular flexibility index (Phi) is 3.49. The van der Waals surface area contributed by atoms with Crippen LogP contribution in [0.1, 0.15) is 24.0 Å². The Morgan fingerprint density at radius 1 is 1.41 bits per heavy atom. The lowest BCUT2D eigenvalue weighted by Crippen LogP contribution is -2.07. The molecule has 2 aromatic rings. The highest BCUT2D eigenvalue weighted by atomic mass is 19.1. The van der Waals surface area contributed by atoms with Crippen molar-refractivity contribution < 1.29 is 9.50 Å². The van der Waals surface area contributed by atoms with Gasteiger partial charge < -0.3 is 9.67 Å². The summed E-state index contributed by atoms with van der Waals surface area (Å²) in [6.45, 7) is 0. The third-order valence-electron chi connectivity index (χ3n) is 2.66. The fourth-order valence-electron chi connectivity index (χ4n) is 1.68. The van der Waals surface area contributed by atoms with Crippen LogP contribution in [0.2, 0.25) is 0 Å². The van der Waals surface area contributed by atoms with Crippen LogP contribution in [0, 0.1) is 5.82 Å². The van der Waals surface area contributed by atoms with Gasteiger partial charge in [-0.2, -0.15) is 0 Å². The van der Waals surface area contributed by atoms with E-state index < -0.39 is 11.9 Å². The van der Waals surface area contributed by atoms with Crippen molar-refractivity contribution in [3.63, 3.8) is 0 Å². The molecule has 0 spiro atoms. The Labute approximate surface area is 98.8 Å². The van der Waals surface area contributed by atoms with Gasteiger partial charge in [-0.1, -0.05) is 0 Å². The molecule has 2 heterocycles. The molecule has 2 rings (SSSR count). The third-order valence-corrected chi connectivity index (χ3v) is 2.66. The van der Waals surface area contributed by atoms with E-state index in [1.807, 2.05) is 17.8 Å². The minimum atomic E-state index is -0.895. The molecule has 5 heteroatoms. The monoisotopic (exact) mass is 235 g/mol. The second-order valence-electron chi connectivity index (χ2n) is 3.88. The molecule has 0 aliphatic carbocycles. The molecular weight excluding hydrogens is 221 g/mol. The number of imidazole rings is 1. The van der Waals surface area contributed by atoms with Crippen molar-refractivity contribution >= 4 is 0 Å². The van der Waals surface area contributed by atoms with E-state index in [2.05, 4.69) is 9.97 Å². The number of halogens is 1. The predicted octanol–water partition coefficient (Wildman–Crippen LogP) is 1.62. The number of rotatable bonds is 4. The van der Waals surface area contributed by atoms with Crippen LogP contribution in [0.4, 0.5) is 4.39 Å². The number of aromatic nitrogens is 3. The van der Waals surface area contributed by atoms with Crippen LogP contribution in [0.5, 0.6) is 0 Å². The van der Waals surface area contributed by atoms with Gasteiger partial charge in [-0.25, -0.2) is 9.37 Å². The first-order chi connectivity index (χ1) is 8.18. The summed E-state index contributed by atoms with van der Waals surface area (Å²) in [5.41, 5.74) is 0.0988. The summed E-state index contributed by atoms with van der Waals surface area (Å²) in [5, 5.41) is 9.85. The number of hydrogen-bond donors (Lipinski definition) is 1. The summed E-state index contributed by atoms with van der Waals surface area (Å²) in [6.07, 6.45) is 5.10. The van der Waals surface area contributed by atoms with Gasteiger partial charge in [0, 0.05) is 32.1 Å². The maximum absolute atomic E-state index is 13.3. The molecule has 0 radical (unpaired) electrons. The molecule has 1 N–H and O–H groups in total. The highest BCUT2D eigenvalue weighted by molar-refractivity contribution is 5.10. The largest absolute Gasteiger partial charge is 0.387 e. The van der Waals surface area contributed by atoms with Crippen LogP contribution in [0.3, 0.4) is 0 Å². The molecule has 0 saturated carbocycles. The van der Waals surface area contributed by atoms with Crippen molar-refractivity contribution in [2.24, 2.45) is 7.05 Å². The summed E-state index contributed by atoms with van der Waals surface area (Å²) >= 11 is 0. The summed E-state index contributed by atoms with van der Waals surface area (Å²) in [7, 11) is 1.88. The number of hydrogen-bond acceptors (Lipinski definition) is 3. The maximum Gasteiger partial charge on any atom is 0.147 e. The van der Waals surface area contributed by atoms with E-state index in [0.29, 0.717) is 12.8 Å². The van der Waals surface area contributed by atoms with Crippen LogP contribution >= 0.6 is 0 Å². The van der Waals surface area contributed by atoms with Crippen molar-refractivity contribution in [3.05, 3.63) is 48.1 Å². The standard InChI is InChI=1S/C12H14FN3O/c1-16-8-7-14-11(16)5-4-10(17)12-9(13)3-2-6-15-12/h2-3,6-8,10,17H,4-5H2,1H3. The third kappa shape index (κ3) is 2.68. The van der Waals surface area contributed by atoms with Crippen LogP contribution in [-0.2, 0) is 13.5 Å². The second kappa shape index (κ2) is 5.05. The van der Waals surface area contributed by atoms with Gasteiger partial charge in [0.1, 0.15) is 17.3 Å². The zero-order chi connectivity index (χ0) is 12.3. The fourth-order valence-corrected chi connectivity index (χ4v) is 1.68. The van der Waals surface area contributed by atoms with E-state index >= 15 is 0 Å². The normalized spacial score (nSPS) is 12.6. The molecule has 0 amide bonds. The Balaban J connectivity index is 2.01. The van der Waals surface area contributed by atoms with E-state index in [1.54, 1.807) is 6.20 Å². The topological polar surface area (TPSA) is 50.9 Å². The molecule has 1 atom stereocenters. The predicted molar refractivity (Wildman–Crippen MR) is 60.7 cm³/mol. The Bertz CT molecular complexity index is 498. The lowest BCUT2D eigenvalue weighted by molar-refractivity contribution is 0.157. The van der Waals surface area contributed by atoms with E-state index in [9.17, 15) is 9.50 Å². The highest BCUT2D eigenvalue weighted by Gasteiger charge is 2.14. The molecule has 0 saturated heterocycles. The summed E-state index contributed by atoms with van der Waals surface area (Å²) in [4.78, 5) is 7.99. The number of nitrogens with zero attached hydrogens (tertiary/aromatic N) is 3. The Hall–Kier alpha value is -1.75. The number of aliphatic hydroxyl groups excluding tert-OH is 1. The van der Waals surface area contributed by atoms with Gasteiger partial charge in [0.25, 0.3) is 0 Å². The molecule has 0 bridgehead atoms. The first kappa shape index (κ1) is 11.7. The molecular formula is C12H14FN3O. The molecule has 4 nitrogen and oxygen atoms in total. The number of aryl methyl sites for hydroxylation is 2. The van der Waals surface area contributed by atoms with Gasteiger partial charge in [-0.15, -0.1) is 0 Å². The SMILES string of the molecule is Cn1ccnc1CCC(O)c1ncccc1F. The minimum Gasteiger partial charge on any atom is -0.387 e. The maximum atomic E-state index is 13.3. The highest BCUT2D eigenvalue weighted by Crippen LogP contribution is 2.18. The lowest BCUT2D eigenvalue weighted by Gasteiger charge is -2.10. The second-order valence-corrected chi connectivity index (χ2v) is 3.88. The Morgan fingerprint density at radius 3 is 2.88 bits per heavy atom. The molecule has 0 aliphatic heterocycles. The van der Waals surface area contributed by atoms with Gasteiger partial charge >= 0.3 is 0 Å². The van der Waals surface area contributed by atoms with E-state index in [-0.39, 0.29) is 5.69 Å². The zero-order valence-electron chi connectivity index (χ0n) is 9.55. The first-order valence-electron chi connectivity index (χ1n) is 5.43. The average Bonchev–Trinajstić information content (AvgIpc) is 2.72. The van der Waals surface area contributed by atoms with E-state index in [0.717, 1.165) is 5.82 Å². The van der Waals surface area contributed by atoms with Crippen LogP contribution < -0.4 is 0 Å². The molecule has 1 unspecified atom stereocenters. The quantitative estimate of drug-likeness (QED) is 0.876. The summed E-state index contributed by atoms with van der Waals surface area (Å²) in [6, 6.07) is 2.80. The van der Waals surface area contributed by atoms with Crippen molar-refractivity contribution in [2.45, 2.75) is 18.9 Å². The van der Waals surface area contributed by atoms with E-state index in [4.69, 9.17) is 0 Å². The van der Waals surface area contributed by atoms with Gasteiger partial charge in [-0.3, -0.25) is 4.98 Å². The molecule has 0 aliphatic rings. The molecule has 17 heavy (non-hydrogen) atoms. The molecule has 90 valence electrons. The minimum absolute atomic E-state index is 0.0988. The van der Waals surface area contributed by atoms with Gasteiger partial charge in [0.15, 0.2) is 0 Å². The van der Waals surface area contributed by atoms with Crippen molar-refractivity contribution in [2.75, 3.05) is 0 Å². The van der Waals surface area contributed by atoms with Gasteiger partial charge in [0.2, 0.25) is 0 Å². The number of pyridine rings is 1. The smallest absolute Gasteiger partial charge is 0.147 e. The summed E-state index contributed by atoms with van der Waals surface area (Å²) < 4.78 is 15.2. The average molecular weight is 235 g/mol. The van der Waals surface area contributed by atoms with Gasteiger partial charge in [0.05, 0.1) is 6.10 Å². The summed E-state index contributed by atoms with van der Waals surface area (Å²) in [5.74, 6) is 0.389. The Morgan fingerprint density at radius 2 is 2.24 bits per heavy atom.